The van der Waals surface area contributed by atoms with Crippen LogP contribution in [0.15, 0.2) is 0 Å². The lowest BCUT2D eigenvalue weighted by Gasteiger charge is -2.14. The van der Waals surface area contributed by atoms with Crippen LogP contribution < -0.4 is 5.32 Å². The van der Waals surface area contributed by atoms with Gasteiger partial charge in [0, 0.05) is 26.2 Å². The summed E-state index contributed by atoms with van der Waals surface area (Å²) in [6.45, 7) is 7.98. The second kappa shape index (κ2) is 7.53. The third kappa shape index (κ3) is 7.98. The van der Waals surface area contributed by atoms with Gasteiger partial charge in [-0.25, -0.2) is 0 Å². The summed E-state index contributed by atoms with van der Waals surface area (Å²) in [5.74, 6) is 0. The zero-order valence-corrected chi connectivity index (χ0v) is 8.76. The predicted octanol–water partition coefficient (Wildman–Crippen LogP) is 0.563. The molecule has 0 aromatic heterocycles. The number of rotatable bonds is 7. The first-order valence-electron chi connectivity index (χ1n) is 4.63. The first-order valence-corrected chi connectivity index (χ1v) is 4.63. The summed E-state index contributed by atoms with van der Waals surface area (Å²) in [4.78, 5) is 2.17. The fourth-order valence-corrected chi connectivity index (χ4v) is 0.951. The topological polar surface area (TPSA) is 24.5 Å². The van der Waals surface area contributed by atoms with E-state index in [1.54, 1.807) is 0 Å². The average molecular weight is 174 g/mol. The Morgan fingerprint density at radius 3 is 2.58 bits per heavy atom. The first-order chi connectivity index (χ1) is 5.66. The van der Waals surface area contributed by atoms with E-state index < -0.39 is 0 Å². The third-order valence-corrected chi connectivity index (χ3v) is 1.62. The first kappa shape index (κ1) is 11.9. The summed E-state index contributed by atoms with van der Waals surface area (Å²) >= 11 is 0. The van der Waals surface area contributed by atoms with Gasteiger partial charge in [-0.05, 0) is 27.9 Å². The van der Waals surface area contributed by atoms with Crippen LogP contribution in [0.1, 0.15) is 13.8 Å². The van der Waals surface area contributed by atoms with Crippen LogP contribution in [0.4, 0.5) is 0 Å². The number of hydrogen-bond acceptors (Lipinski definition) is 3. The van der Waals surface area contributed by atoms with Crippen LogP contribution >= 0.6 is 0 Å². The Labute approximate surface area is 76.1 Å². The van der Waals surface area contributed by atoms with E-state index in [-0.39, 0.29) is 0 Å². The summed E-state index contributed by atoms with van der Waals surface area (Å²) in [6.07, 6.45) is 0.331. The standard InChI is InChI=1S/C9H22N2O/c1-5-12-9(2)8-10-6-7-11(3)4/h9-10H,5-8H2,1-4H3. The molecule has 0 saturated carbocycles. The smallest absolute Gasteiger partial charge is 0.0671 e. The lowest BCUT2D eigenvalue weighted by Crippen LogP contribution is -2.32. The zero-order valence-electron chi connectivity index (χ0n) is 8.76. The Kier molecular flexibility index (Phi) is 7.45. The van der Waals surface area contributed by atoms with Crippen LogP contribution in [-0.2, 0) is 4.74 Å². The summed E-state index contributed by atoms with van der Waals surface area (Å²) in [7, 11) is 4.15. The minimum Gasteiger partial charge on any atom is -0.377 e. The van der Waals surface area contributed by atoms with Gasteiger partial charge in [0.2, 0.25) is 0 Å². The summed E-state index contributed by atoms with van der Waals surface area (Å²) in [5.41, 5.74) is 0. The van der Waals surface area contributed by atoms with Gasteiger partial charge < -0.3 is 15.0 Å². The predicted molar refractivity (Wildman–Crippen MR) is 52.5 cm³/mol. The van der Waals surface area contributed by atoms with Crippen molar-refractivity contribution in [2.45, 2.75) is 20.0 Å². The van der Waals surface area contributed by atoms with E-state index in [1.165, 1.54) is 0 Å². The van der Waals surface area contributed by atoms with Crippen LogP contribution in [0.3, 0.4) is 0 Å². The SMILES string of the molecule is CCOC(C)CNCCN(C)C. The molecule has 0 radical (unpaired) electrons. The molecule has 1 atom stereocenters. The van der Waals surface area contributed by atoms with Crippen molar-refractivity contribution >= 4 is 0 Å². The molecule has 0 heterocycles. The molecule has 1 unspecified atom stereocenters. The van der Waals surface area contributed by atoms with Gasteiger partial charge in [0.15, 0.2) is 0 Å². The summed E-state index contributed by atoms with van der Waals surface area (Å²) in [5, 5.41) is 3.33. The van der Waals surface area contributed by atoms with Crippen LogP contribution in [0.25, 0.3) is 0 Å². The maximum atomic E-state index is 5.37. The normalized spacial score (nSPS) is 13.8. The maximum Gasteiger partial charge on any atom is 0.0671 e. The molecule has 74 valence electrons. The zero-order chi connectivity index (χ0) is 9.40. The van der Waals surface area contributed by atoms with Crippen LogP contribution in [0.2, 0.25) is 0 Å². The maximum absolute atomic E-state index is 5.37. The highest BCUT2D eigenvalue weighted by atomic mass is 16.5. The van der Waals surface area contributed by atoms with Gasteiger partial charge in [-0.15, -0.1) is 0 Å². The number of nitrogens with zero attached hydrogens (tertiary/aromatic N) is 1. The van der Waals surface area contributed by atoms with Crippen molar-refractivity contribution in [1.29, 1.82) is 0 Å². The van der Waals surface area contributed by atoms with Crippen molar-refractivity contribution in [1.82, 2.24) is 10.2 Å². The molecule has 0 aromatic carbocycles. The number of likely N-dealkylation sites (N-methyl/N-ethyl adjacent to an activating group) is 1. The Morgan fingerprint density at radius 1 is 1.42 bits per heavy atom. The minimum absolute atomic E-state index is 0.331. The van der Waals surface area contributed by atoms with E-state index in [0.717, 1.165) is 26.2 Å². The molecular formula is C9H22N2O. The molecule has 3 heteroatoms. The van der Waals surface area contributed by atoms with Crippen molar-refractivity contribution in [3.05, 3.63) is 0 Å². The van der Waals surface area contributed by atoms with Crippen molar-refractivity contribution in [2.24, 2.45) is 0 Å². The fourth-order valence-electron chi connectivity index (χ4n) is 0.951. The van der Waals surface area contributed by atoms with E-state index in [0.29, 0.717) is 6.10 Å². The van der Waals surface area contributed by atoms with Gasteiger partial charge in [0.05, 0.1) is 6.10 Å². The van der Waals surface area contributed by atoms with Gasteiger partial charge in [-0.2, -0.15) is 0 Å². The summed E-state index contributed by atoms with van der Waals surface area (Å²) < 4.78 is 5.37. The Balaban J connectivity index is 3.08. The molecule has 3 nitrogen and oxygen atoms in total. The lowest BCUT2D eigenvalue weighted by atomic mass is 10.4. The molecule has 0 fully saturated rings. The molecule has 0 aliphatic carbocycles. The van der Waals surface area contributed by atoms with Crippen LogP contribution in [0.5, 0.6) is 0 Å². The molecule has 12 heavy (non-hydrogen) atoms. The van der Waals surface area contributed by atoms with Crippen molar-refractivity contribution in [3.63, 3.8) is 0 Å². The van der Waals surface area contributed by atoms with Gasteiger partial charge in [-0.3, -0.25) is 0 Å². The molecule has 0 spiro atoms. The minimum atomic E-state index is 0.331. The number of ether oxygens (including phenoxy) is 1. The molecular weight excluding hydrogens is 152 g/mol. The van der Waals surface area contributed by atoms with Gasteiger partial charge in [0.1, 0.15) is 0 Å². The largest absolute Gasteiger partial charge is 0.377 e. The van der Waals surface area contributed by atoms with E-state index in [1.807, 2.05) is 6.92 Å². The third-order valence-electron chi connectivity index (χ3n) is 1.62. The van der Waals surface area contributed by atoms with E-state index in [9.17, 15) is 0 Å². The van der Waals surface area contributed by atoms with Gasteiger partial charge in [0.25, 0.3) is 0 Å². The Bertz CT molecular complexity index is 96.5. The monoisotopic (exact) mass is 174 g/mol. The van der Waals surface area contributed by atoms with E-state index in [2.05, 4.69) is 31.2 Å². The van der Waals surface area contributed by atoms with Gasteiger partial charge >= 0.3 is 0 Å². The van der Waals surface area contributed by atoms with Crippen molar-refractivity contribution in [2.75, 3.05) is 40.3 Å². The van der Waals surface area contributed by atoms with E-state index >= 15 is 0 Å². The van der Waals surface area contributed by atoms with Crippen LogP contribution in [-0.4, -0.2) is 51.3 Å². The molecule has 0 rings (SSSR count). The molecule has 0 saturated heterocycles. The Hall–Kier alpha value is -0.120. The highest BCUT2D eigenvalue weighted by molar-refractivity contribution is 4.56. The molecule has 0 aliphatic heterocycles. The average Bonchev–Trinajstić information content (AvgIpc) is 1.98. The second-order valence-electron chi connectivity index (χ2n) is 3.27. The molecule has 0 aromatic rings. The highest BCUT2D eigenvalue weighted by Gasteiger charge is 1.98. The molecule has 0 bridgehead atoms. The van der Waals surface area contributed by atoms with Crippen molar-refractivity contribution < 1.29 is 4.74 Å². The molecule has 1 N–H and O–H groups in total. The fraction of sp³-hybridized carbons (Fsp3) is 1.00. The lowest BCUT2D eigenvalue weighted by molar-refractivity contribution is 0.0759. The van der Waals surface area contributed by atoms with Crippen LogP contribution in [0, 0.1) is 0 Å². The molecule has 0 aliphatic rings. The van der Waals surface area contributed by atoms with Crippen molar-refractivity contribution in [3.8, 4) is 0 Å². The highest BCUT2D eigenvalue weighted by Crippen LogP contribution is 1.86. The quantitative estimate of drug-likeness (QED) is 0.571. The Morgan fingerprint density at radius 2 is 2.08 bits per heavy atom. The molecule has 0 amide bonds. The second-order valence-corrected chi connectivity index (χ2v) is 3.27. The number of hydrogen-bond donors (Lipinski definition) is 1. The van der Waals surface area contributed by atoms with E-state index in [4.69, 9.17) is 4.74 Å². The number of nitrogens with one attached hydrogen (secondary N) is 1. The van der Waals surface area contributed by atoms with Gasteiger partial charge in [-0.1, -0.05) is 0 Å². The summed E-state index contributed by atoms with van der Waals surface area (Å²) in [6, 6.07) is 0.